The molecule has 0 amide bonds. The smallest absolute Gasteiger partial charge is 0.196 e. The molecule has 4 heteroatoms. The van der Waals surface area contributed by atoms with Crippen LogP contribution in [0.3, 0.4) is 0 Å². The number of hydrogen-bond acceptors (Lipinski definition) is 4. The van der Waals surface area contributed by atoms with Gasteiger partial charge in [0.2, 0.25) is 0 Å². The molecule has 0 unspecified atom stereocenters. The van der Waals surface area contributed by atoms with Gasteiger partial charge in [-0.15, -0.1) is 0 Å². The zero-order valence-electron chi connectivity index (χ0n) is 21.6. The van der Waals surface area contributed by atoms with Gasteiger partial charge in [0.1, 0.15) is 0 Å². The molecule has 0 spiro atoms. The van der Waals surface area contributed by atoms with Gasteiger partial charge < -0.3 is 10.6 Å². The first-order valence-electron chi connectivity index (χ1n) is 12.2. The van der Waals surface area contributed by atoms with Crippen molar-refractivity contribution in [1.82, 2.24) is 0 Å². The van der Waals surface area contributed by atoms with Crippen LogP contribution in [0.5, 0.6) is 0 Å². The Hall–Kier alpha value is -4.18. The molecule has 4 aromatic carbocycles. The van der Waals surface area contributed by atoms with Crippen molar-refractivity contribution in [1.29, 1.82) is 0 Å². The van der Waals surface area contributed by atoms with E-state index in [0.717, 1.165) is 39.3 Å². The van der Waals surface area contributed by atoms with E-state index in [1.807, 2.05) is 6.07 Å². The Bertz CT molecular complexity index is 1530. The van der Waals surface area contributed by atoms with Crippen LogP contribution in [0.4, 0.5) is 22.7 Å². The summed E-state index contributed by atoms with van der Waals surface area (Å²) in [5.74, 6) is -0.277. The van der Waals surface area contributed by atoms with E-state index in [9.17, 15) is 9.59 Å². The highest BCUT2D eigenvalue weighted by atomic mass is 16.1. The van der Waals surface area contributed by atoms with Gasteiger partial charge in [-0.2, -0.15) is 0 Å². The molecule has 4 aromatic rings. The first-order valence-corrected chi connectivity index (χ1v) is 12.2. The van der Waals surface area contributed by atoms with Crippen LogP contribution in [0, 0.1) is 41.5 Å². The van der Waals surface area contributed by atoms with Crippen molar-refractivity contribution in [2.24, 2.45) is 0 Å². The van der Waals surface area contributed by atoms with Crippen molar-refractivity contribution >= 4 is 34.3 Å². The predicted molar refractivity (Wildman–Crippen MR) is 148 cm³/mol. The van der Waals surface area contributed by atoms with Crippen LogP contribution >= 0.6 is 0 Å². The summed E-state index contributed by atoms with van der Waals surface area (Å²) in [6, 6.07) is 19.3. The first-order chi connectivity index (χ1) is 17.2. The van der Waals surface area contributed by atoms with E-state index >= 15 is 0 Å². The topological polar surface area (TPSA) is 58.2 Å². The average Bonchev–Trinajstić information content (AvgIpc) is 2.82. The fourth-order valence-corrected chi connectivity index (χ4v) is 5.43. The quantitative estimate of drug-likeness (QED) is 0.279. The Labute approximate surface area is 212 Å². The number of anilines is 4. The maximum absolute atomic E-state index is 13.9. The summed E-state index contributed by atoms with van der Waals surface area (Å²) in [7, 11) is 0. The van der Waals surface area contributed by atoms with E-state index in [-0.39, 0.29) is 11.6 Å². The minimum atomic E-state index is -0.147. The molecule has 0 saturated heterocycles. The SMILES string of the molecule is Cc1cc(C)c(Nc2ccc3c(c2Nc2c(C)cc(C)cc2C)C(=O)c2ccccc2C3=O)c(C)c1. The van der Waals surface area contributed by atoms with Crippen LogP contribution in [-0.4, -0.2) is 11.6 Å². The molecule has 1 aliphatic rings. The monoisotopic (exact) mass is 474 g/mol. The Morgan fingerprint density at radius 1 is 0.500 bits per heavy atom. The normalized spacial score (nSPS) is 12.3. The van der Waals surface area contributed by atoms with Gasteiger partial charge in [-0.3, -0.25) is 9.59 Å². The maximum atomic E-state index is 13.9. The second-order valence-electron chi connectivity index (χ2n) is 9.91. The third-order valence-electron chi connectivity index (χ3n) is 6.96. The summed E-state index contributed by atoms with van der Waals surface area (Å²) < 4.78 is 0. The Morgan fingerprint density at radius 2 is 0.972 bits per heavy atom. The summed E-state index contributed by atoms with van der Waals surface area (Å²) in [5, 5.41) is 7.17. The molecule has 0 saturated carbocycles. The summed E-state index contributed by atoms with van der Waals surface area (Å²) in [5.41, 5.74) is 11.8. The Morgan fingerprint density at radius 3 is 1.50 bits per heavy atom. The summed E-state index contributed by atoms with van der Waals surface area (Å²) in [4.78, 5) is 27.3. The summed E-state index contributed by atoms with van der Waals surface area (Å²) in [6.45, 7) is 12.4. The predicted octanol–water partition coefficient (Wildman–Crippen LogP) is 7.80. The van der Waals surface area contributed by atoms with Gasteiger partial charge in [-0.05, 0) is 75.9 Å². The van der Waals surface area contributed by atoms with Crippen LogP contribution in [0.15, 0.2) is 60.7 Å². The van der Waals surface area contributed by atoms with Crippen molar-refractivity contribution in [3.05, 3.63) is 116 Å². The molecule has 0 atom stereocenters. The van der Waals surface area contributed by atoms with E-state index in [2.05, 4.69) is 76.4 Å². The minimum absolute atomic E-state index is 0.130. The molecular formula is C32H30N2O2. The van der Waals surface area contributed by atoms with Gasteiger partial charge in [-0.25, -0.2) is 0 Å². The van der Waals surface area contributed by atoms with E-state index < -0.39 is 0 Å². The fourth-order valence-electron chi connectivity index (χ4n) is 5.43. The number of fused-ring (bicyclic) bond motifs is 2. The number of rotatable bonds is 4. The van der Waals surface area contributed by atoms with Crippen molar-refractivity contribution in [2.75, 3.05) is 10.6 Å². The van der Waals surface area contributed by atoms with E-state index in [1.165, 1.54) is 11.1 Å². The lowest BCUT2D eigenvalue weighted by molar-refractivity contribution is 0.0980. The molecule has 36 heavy (non-hydrogen) atoms. The number of carbonyl (C=O) groups excluding carboxylic acids is 2. The third kappa shape index (κ3) is 3.89. The van der Waals surface area contributed by atoms with E-state index in [0.29, 0.717) is 27.9 Å². The molecule has 2 N–H and O–H groups in total. The zero-order chi connectivity index (χ0) is 25.7. The first kappa shape index (κ1) is 23.6. The second-order valence-corrected chi connectivity index (χ2v) is 9.91. The van der Waals surface area contributed by atoms with E-state index in [4.69, 9.17) is 0 Å². The van der Waals surface area contributed by atoms with Crippen LogP contribution in [-0.2, 0) is 0 Å². The number of carbonyl (C=O) groups is 2. The van der Waals surface area contributed by atoms with Crippen molar-refractivity contribution in [3.8, 4) is 0 Å². The summed E-state index contributed by atoms with van der Waals surface area (Å²) >= 11 is 0. The summed E-state index contributed by atoms with van der Waals surface area (Å²) in [6.07, 6.45) is 0. The molecule has 180 valence electrons. The van der Waals surface area contributed by atoms with Crippen LogP contribution in [0.2, 0.25) is 0 Å². The molecule has 0 aromatic heterocycles. The van der Waals surface area contributed by atoms with Gasteiger partial charge in [-0.1, -0.05) is 59.7 Å². The maximum Gasteiger partial charge on any atom is 0.196 e. The van der Waals surface area contributed by atoms with E-state index in [1.54, 1.807) is 30.3 Å². The van der Waals surface area contributed by atoms with Gasteiger partial charge in [0.25, 0.3) is 0 Å². The lowest BCUT2D eigenvalue weighted by atomic mass is 9.82. The molecule has 0 aliphatic heterocycles. The highest BCUT2D eigenvalue weighted by Gasteiger charge is 2.33. The van der Waals surface area contributed by atoms with Crippen molar-refractivity contribution in [2.45, 2.75) is 41.5 Å². The molecule has 5 rings (SSSR count). The van der Waals surface area contributed by atoms with Crippen LogP contribution in [0.1, 0.15) is 65.2 Å². The Balaban J connectivity index is 1.74. The zero-order valence-corrected chi connectivity index (χ0v) is 21.6. The molecule has 4 nitrogen and oxygen atoms in total. The van der Waals surface area contributed by atoms with Gasteiger partial charge in [0, 0.05) is 28.1 Å². The Kier molecular flexibility index (Phi) is 5.76. The highest BCUT2D eigenvalue weighted by molar-refractivity contribution is 6.31. The van der Waals surface area contributed by atoms with Gasteiger partial charge >= 0.3 is 0 Å². The van der Waals surface area contributed by atoms with Gasteiger partial charge in [0.05, 0.1) is 16.9 Å². The lowest BCUT2D eigenvalue weighted by Crippen LogP contribution is -2.23. The molecule has 0 radical (unpaired) electrons. The second kappa shape index (κ2) is 8.80. The number of hydrogen-bond donors (Lipinski definition) is 2. The molecule has 0 fully saturated rings. The highest BCUT2D eigenvalue weighted by Crippen LogP contribution is 2.41. The van der Waals surface area contributed by atoms with Crippen molar-refractivity contribution < 1.29 is 9.59 Å². The number of nitrogens with one attached hydrogen (secondary N) is 2. The minimum Gasteiger partial charge on any atom is -0.353 e. The number of aryl methyl sites for hydroxylation is 6. The third-order valence-corrected chi connectivity index (χ3v) is 6.96. The van der Waals surface area contributed by atoms with Crippen molar-refractivity contribution in [3.63, 3.8) is 0 Å². The van der Waals surface area contributed by atoms with Crippen LogP contribution < -0.4 is 10.6 Å². The standard InChI is InChI=1S/C32H30N2O2/c1-17-13-19(3)28(20(4)14-17)33-26-12-11-25-27(32(36)24-10-8-7-9-23(24)31(25)35)30(26)34-29-21(5)15-18(2)16-22(29)6/h7-16,33-34H,1-6H3. The molecule has 0 bridgehead atoms. The lowest BCUT2D eigenvalue weighted by Gasteiger charge is -2.25. The molecular weight excluding hydrogens is 444 g/mol. The number of ketones is 2. The molecule has 1 aliphatic carbocycles. The average molecular weight is 475 g/mol. The number of benzene rings is 4. The van der Waals surface area contributed by atoms with Gasteiger partial charge in [0.15, 0.2) is 11.6 Å². The molecule has 0 heterocycles. The largest absolute Gasteiger partial charge is 0.353 e. The fraction of sp³-hybridized carbons (Fsp3) is 0.188. The van der Waals surface area contributed by atoms with Crippen LogP contribution in [0.25, 0.3) is 0 Å².